The zero-order valence-electron chi connectivity index (χ0n) is 8.48. The first-order valence-electron chi connectivity index (χ1n) is 4.25. The number of carbonyl (C=O) groups is 1. The molecule has 1 unspecified atom stereocenters. The minimum absolute atomic E-state index is 0.0619. The minimum atomic E-state index is -0.218. The molecule has 1 atom stereocenters. The van der Waals surface area contributed by atoms with Crippen molar-refractivity contribution in [2.45, 2.75) is 19.9 Å². The maximum absolute atomic E-state index is 11.6. The molecule has 0 aliphatic heterocycles. The van der Waals surface area contributed by atoms with Crippen LogP contribution in [0, 0.1) is 6.92 Å². The number of nitrogens with zero attached hydrogens (tertiary/aromatic N) is 3. The summed E-state index contributed by atoms with van der Waals surface area (Å²) in [6.45, 7) is 3.79. The lowest BCUT2D eigenvalue weighted by atomic mass is 10.3. The van der Waals surface area contributed by atoms with Gasteiger partial charge in [-0.15, -0.1) is 0 Å². The number of hydrogen-bond acceptors (Lipinski definition) is 2. The van der Waals surface area contributed by atoms with Gasteiger partial charge in [-0.3, -0.25) is 9.48 Å². The zero-order chi connectivity index (χ0) is 10.0. The van der Waals surface area contributed by atoms with Crippen molar-refractivity contribution in [2.75, 3.05) is 14.1 Å². The van der Waals surface area contributed by atoms with E-state index in [4.69, 9.17) is 0 Å². The Hall–Kier alpha value is -1.32. The smallest absolute Gasteiger partial charge is 0.246 e. The predicted octanol–water partition coefficient (Wildman–Crippen LogP) is 0.841. The maximum atomic E-state index is 11.6. The lowest BCUT2D eigenvalue weighted by Crippen LogP contribution is -2.30. The highest BCUT2D eigenvalue weighted by atomic mass is 16.2. The highest BCUT2D eigenvalue weighted by Gasteiger charge is 2.17. The van der Waals surface area contributed by atoms with Crippen LogP contribution in [0.25, 0.3) is 0 Å². The summed E-state index contributed by atoms with van der Waals surface area (Å²) in [5, 5.41) is 4.09. The standard InChI is InChI=1S/C9H15N3O/c1-7-5-6-10-12(7)8(2)9(13)11(3)4/h5-6,8H,1-4H3. The van der Waals surface area contributed by atoms with Gasteiger partial charge in [-0.25, -0.2) is 0 Å². The molecule has 0 aliphatic rings. The summed E-state index contributed by atoms with van der Waals surface area (Å²) in [7, 11) is 3.50. The van der Waals surface area contributed by atoms with E-state index in [9.17, 15) is 4.79 Å². The molecular formula is C9H15N3O. The second-order valence-electron chi connectivity index (χ2n) is 3.33. The van der Waals surface area contributed by atoms with Crippen LogP contribution in [0.2, 0.25) is 0 Å². The summed E-state index contributed by atoms with van der Waals surface area (Å²) in [6, 6.07) is 1.67. The van der Waals surface area contributed by atoms with Crippen molar-refractivity contribution >= 4 is 5.91 Å². The summed E-state index contributed by atoms with van der Waals surface area (Å²) in [4.78, 5) is 13.1. The Labute approximate surface area is 78.1 Å². The summed E-state index contributed by atoms with van der Waals surface area (Å²) >= 11 is 0. The van der Waals surface area contributed by atoms with E-state index in [0.717, 1.165) is 5.69 Å². The largest absolute Gasteiger partial charge is 0.347 e. The van der Waals surface area contributed by atoms with Crippen LogP contribution in [0.15, 0.2) is 12.3 Å². The van der Waals surface area contributed by atoms with Crippen LogP contribution in [0.5, 0.6) is 0 Å². The molecule has 1 rings (SSSR count). The van der Waals surface area contributed by atoms with Gasteiger partial charge >= 0.3 is 0 Å². The van der Waals surface area contributed by atoms with Crippen molar-refractivity contribution in [3.05, 3.63) is 18.0 Å². The van der Waals surface area contributed by atoms with Gasteiger partial charge in [-0.1, -0.05) is 0 Å². The first-order valence-corrected chi connectivity index (χ1v) is 4.25. The fraction of sp³-hybridized carbons (Fsp3) is 0.556. The van der Waals surface area contributed by atoms with Gasteiger partial charge in [0.1, 0.15) is 6.04 Å². The second-order valence-corrected chi connectivity index (χ2v) is 3.33. The predicted molar refractivity (Wildman–Crippen MR) is 50.4 cm³/mol. The van der Waals surface area contributed by atoms with Gasteiger partial charge < -0.3 is 4.90 Å². The van der Waals surface area contributed by atoms with Gasteiger partial charge in [0.2, 0.25) is 5.91 Å². The molecule has 0 bridgehead atoms. The average Bonchev–Trinajstić information content (AvgIpc) is 2.48. The van der Waals surface area contributed by atoms with E-state index >= 15 is 0 Å². The van der Waals surface area contributed by atoms with E-state index in [-0.39, 0.29) is 11.9 Å². The summed E-state index contributed by atoms with van der Waals surface area (Å²) in [5.41, 5.74) is 1.00. The SMILES string of the molecule is Cc1ccnn1C(C)C(=O)N(C)C. The summed E-state index contributed by atoms with van der Waals surface area (Å²) in [6.07, 6.45) is 1.70. The molecule has 0 aromatic carbocycles. The third kappa shape index (κ3) is 1.88. The number of likely N-dealkylation sites (N-methyl/N-ethyl adjacent to an activating group) is 1. The monoisotopic (exact) mass is 181 g/mol. The third-order valence-corrected chi connectivity index (χ3v) is 2.03. The van der Waals surface area contributed by atoms with Crippen LogP contribution in [0.3, 0.4) is 0 Å². The molecule has 1 amide bonds. The summed E-state index contributed by atoms with van der Waals surface area (Å²) in [5.74, 6) is 0.0619. The number of aromatic nitrogens is 2. The van der Waals surface area contributed by atoms with Crippen LogP contribution < -0.4 is 0 Å². The van der Waals surface area contributed by atoms with Crippen molar-refractivity contribution in [3.8, 4) is 0 Å². The number of aryl methyl sites for hydroxylation is 1. The Kier molecular flexibility index (Phi) is 2.70. The normalized spacial score (nSPS) is 12.6. The quantitative estimate of drug-likeness (QED) is 0.678. The van der Waals surface area contributed by atoms with Gasteiger partial charge in [0.15, 0.2) is 0 Å². The molecule has 0 radical (unpaired) electrons. The van der Waals surface area contributed by atoms with E-state index in [1.165, 1.54) is 0 Å². The highest BCUT2D eigenvalue weighted by molar-refractivity contribution is 5.79. The Morgan fingerprint density at radius 2 is 2.23 bits per heavy atom. The number of carbonyl (C=O) groups excluding carboxylic acids is 1. The van der Waals surface area contributed by atoms with Crippen molar-refractivity contribution in [3.63, 3.8) is 0 Å². The van der Waals surface area contributed by atoms with Crippen LogP contribution in [0.4, 0.5) is 0 Å². The Morgan fingerprint density at radius 1 is 1.62 bits per heavy atom. The molecular weight excluding hydrogens is 166 g/mol. The number of hydrogen-bond donors (Lipinski definition) is 0. The van der Waals surface area contributed by atoms with E-state index in [1.54, 1.807) is 29.9 Å². The van der Waals surface area contributed by atoms with Crippen molar-refractivity contribution < 1.29 is 4.79 Å². The molecule has 0 aliphatic carbocycles. The van der Waals surface area contributed by atoms with Crippen LogP contribution >= 0.6 is 0 Å². The van der Waals surface area contributed by atoms with Crippen LogP contribution in [-0.2, 0) is 4.79 Å². The van der Waals surface area contributed by atoms with E-state index in [2.05, 4.69) is 5.10 Å². The van der Waals surface area contributed by atoms with Gasteiger partial charge in [-0.2, -0.15) is 5.10 Å². The molecule has 1 aromatic rings. The molecule has 0 saturated heterocycles. The summed E-state index contributed by atoms with van der Waals surface area (Å²) < 4.78 is 1.72. The fourth-order valence-electron chi connectivity index (χ4n) is 1.26. The Morgan fingerprint density at radius 3 is 2.62 bits per heavy atom. The van der Waals surface area contributed by atoms with Crippen LogP contribution in [-0.4, -0.2) is 34.7 Å². The lowest BCUT2D eigenvalue weighted by Gasteiger charge is -2.18. The fourth-order valence-corrected chi connectivity index (χ4v) is 1.26. The molecule has 0 fully saturated rings. The molecule has 13 heavy (non-hydrogen) atoms. The molecule has 1 aromatic heterocycles. The lowest BCUT2D eigenvalue weighted by molar-refractivity contribution is -0.132. The van der Waals surface area contributed by atoms with E-state index in [0.29, 0.717) is 0 Å². The molecule has 0 spiro atoms. The van der Waals surface area contributed by atoms with Crippen LogP contribution in [0.1, 0.15) is 18.7 Å². The van der Waals surface area contributed by atoms with Crippen molar-refractivity contribution in [1.29, 1.82) is 0 Å². The van der Waals surface area contributed by atoms with Gasteiger partial charge in [0.25, 0.3) is 0 Å². The van der Waals surface area contributed by atoms with E-state index in [1.807, 2.05) is 19.9 Å². The minimum Gasteiger partial charge on any atom is -0.347 e. The first kappa shape index (κ1) is 9.77. The number of rotatable bonds is 2. The molecule has 4 nitrogen and oxygen atoms in total. The third-order valence-electron chi connectivity index (χ3n) is 2.03. The van der Waals surface area contributed by atoms with Gasteiger partial charge in [-0.05, 0) is 19.9 Å². The highest BCUT2D eigenvalue weighted by Crippen LogP contribution is 2.09. The molecule has 1 heterocycles. The van der Waals surface area contributed by atoms with Crippen molar-refractivity contribution in [2.24, 2.45) is 0 Å². The van der Waals surface area contributed by atoms with Crippen molar-refractivity contribution in [1.82, 2.24) is 14.7 Å². The maximum Gasteiger partial charge on any atom is 0.246 e. The topological polar surface area (TPSA) is 38.1 Å². The van der Waals surface area contributed by atoms with Gasteiger partial charge in [0.05, 0.1) is 0 Å². The molecule has 4 heteroatoms. The second kappa shape index (κ2) is 3.60. The number of amides is 1. The van der Waals surface area contributed by atoms with E-state index < -0.39 is 0 Å². The Bertz CT molecular complexity index is 304. The molecule has 72 valence electrons. The first-order chi connectivity index (χ1) is 6.04. The molecule has 0 N–H and O–H groups in total. The average molecular weight is 181 g/mol. The van der Waals surface area contributed by atoms with Gasteiger partial charge in [0, 0.05) is 26.0 Å². The zero-order valence-corrected chi connectivity index (χ0v) is 8.48. The molecule has 0 saturated carbocycles. The Balaban J connectivity index is 2.85.